The molecule has 0 bridgehead atoms. The lowest BCUT2D eigenvalue weighted by Gasteiger charge is -2.30. The van der Waals surface area contributed by atoms with Crippen LogP contribution in [0.3, 0.4) is 0 Å². The zero-order valence-electron chi connectivity index (χ0n) is 51.3. The Bertz CT molecular complexity index is 3960. The Morgan fingerprint density at radius 2 is 0.857 bits per heavy atom. The number of hydrogen-bond donors (Lipinski definition) is 0. The average Bonchev–Trinajstić information content (AvgIpc) is 2.51. The van der Waals surface area contributed by atoms with Gasteiger partial charge in [0.1, 0.15) is 25.6 Å². The minimum absolute atomic E-state index is 0.170. The minimum Gasteiger partial charge on any atom is -0.748 e. The number of fused-ring (bicyclic) bond motifs is 8. The number of methoxy groups -OCH3 is 2. The highest BCUT2D eigenvalue weighted by Crippen LogP contribution is 2.54. The quantitative estimate of drug-likeness (QED) is 0.0958. The van der Waals surface area contributed by atoms with E-state index in [0.29, 0.717) is 12.5 Å². The summed E-state index contributed by atoms with van der Waals surface area (Å²) in [6.45, 7) is 18.7. The molecule has 4 aliphatic rings. The van der Waals surface area contributed by atoms with Gasteiger partial charge in [-0.15, -0.1) is 0 Å². The van der Waals surface area contributed by atoms with Crippen LogP contribution in [-0.4, -0.2) is 101 Å². The fourth-order valence-corrected chi connectivity index (χ4v) is 14.1. The van der Waals surface area contributed by atoms with Crippen LogP contribution < -0.4 is 19.3 Å². The van der Waals surface area contributed by atoms with Gasteiger partial charge in [0.05, 0.1) is 45.3 Å². The molecule has 12 nitrogen and oxygen atoms in total. The van der Waals surface area contributed by atoms with Crippen LogP contribution >= 0.6 is 0 Å². The van der Waals surface area contributed by atoms with E-state index in [2.05, 4.69) is 260 Å². The summed E-state index contributed by atoms with van der Waals surface area (Å²) in [5.74, 6) is 1.78. The molecule has 0 fully saturated rings. The van der Waals surface area contributed by atoms with E-state index in [4.69, 9.17) is 35.4 Å². The molecule has 0 aliphatic carbocycles. The number of rotatable bonds is 10. The molecule has 14 heteroatoms. The van der Waals surface area contributed by atoms with E-state index < -0.39 is 20.2 Å². The summed E-state index contributed by atoms with van der Waals surface area (Å²) in [4.78, 5) is 4.83. The van der Waals surface area contributed by atoms with Crippen molar-refractivity contribution in [3.05, 3.63) is 214 Å². The third-order valence-electron chi connectivity index (χ3n) is 17.7. The van der Waals surface area contributed by atoms with Crippen LogP contribution in [0, 0.1) is 13.8 Å². The summed E-state index contributed by atoms with van der Waals surface area (Å²) >= 11 is 0. The second-order valence-corrected chi connectivity index (χ2v) is 27.2. The number of nitrogens with zero attached hydrogens (tertiary/aromatic N) is 4. The number of hydrogen-bond acceptors (Lipinski definition) is 10. The van der Waals surface area contributed by atoms with Crippen molar-refractivity contribution in [2.24, 2.45) is 0 Å². The van der Waals surface area contributed by atoms with Gasteiger partial charge >= 0.3 is 0 Å². The van der Waals surface area contributed by atoms with Gasteiger partial charge in [0, 0.05) is 95.6 Å². The van der Waals surface area contributed by atoms with Crippen LogP contribution in [0.4, 0.5) is 22.7 Å². The van der Waals surface area contributed by atoms with Crippen molar-refractivity contribution in [1.29, 1.82) is 0 Å². The van der Waals surface area contributed by atoms with E-state index >= 15 is 0 Å². The smallest absolute Gasteiger partial charge is 0.210 e. The summed E-state index contributed by atoms with van der Waals surface area (Å²) in [7, 11) is 4.60. The minimum atomic E-state index is -3.92. The van der Waals surface area contributed by atoms with Crippen LogP contribution in [0.5, 0.6) is 11.5 Å². The molecule has 84 heavy (non-hydrogen) atoms. The molecule has 2 atom stereocenters. The van der Waals surface area contributed by atoms with Crippen molar-refractivity contribution in [2.75, 3.05) is 64.7 Å². The van der Waals surface area contributed by atoms with Gasteiger partial charge in [-0.25, -0.2) is 16.8 Å². The molecule has 7 aromatic carbocycles. The monoisotopic (exact) mass is 1170 g/mol. The predicted octanol–water partition coefficient (Wildman–Crippen LogP) is 13.1. The van der Waals surface area contributed by atoms with Crippen LogP contribution in [0.15, 0.2) is 169 Å². The number of likely N-dealkylation sites (N-methyl/N-ethyl adjacent to an activating group) is 2. The molecule has 11 rings (SSSR count). The molecule has 4 heterocycles. The maximum atomic E-state index is 9.08. The summed E-state index contributed by atoms with van der Waals surface area (Å²) in [5, 5.41) is 5.21. The Morgan fingerprint density at radius 3 is 1.19 bits per heavy atom. The molecule has 4 aliphatic heterocycles. The predicted molar refractivity (Wildman–Crippen MR) is 342 cm³/mol. The first-order chi connectivity index (χ1) is 39.3. The van der Waals surface area contributed by atoms with Gasteiger partial charge in [0.15, 0.2) is 11.4 Å². The third kappa shape index (κ3) is 11.3. The largest absolute Gasteiger partial charge is 0.748 e. The van der Waals surface area contributed by atoms with E-state index in [1.807, 2.05) is 0 Å². The summed E-state index contributed by atoms with van der Waals surface area (Å²) in [5.41, 5.74) is 19.5. The highest BCUT2D eigenvalue weighted by molar-refractivity contribution is 7.85. The summed E-state index contributed by atoms with van der Waals surface area (Å²) in [6.07, 6.45) is 16.8. The Hall–Kier alpha value is -7.62. The van der Waals surface area contributed by atoms with Crippen molar-refractivity contribution < 1.29 is 44.6 Å². The lowest BCUT2D eigenvalue weighted by Crippen LogP contribution is -2.29. The zero-order chi connectivity index (χ0) is 61.2. The van der Waals surface area contributed by atoms with Crippen LogP contribution in [-0.2, 0) is 54.7 Å². The number of ether oxygens (including phenoxy) is 2. The molecule has 0 saturated heterocycles. The van der Waals surface area contributed by atoms with Crippen LogP contribution in [0.2, 0.25) is 0 Å². The van der Waals surface area contributed by atoms with Crippen molar-refractivity contribution in [3.8, 4) is 11.5 Å². The Kier molecular flexibility index (Phi) is 16.3. The first-order valence-electron chi connectivity index (χ1n) is 28.1. The number of allylic oxidation sites excluding steroid dienone is 8. The lowest BCUT2D eigenvalue weighted by molar-refractivity contribution is -0.401. The fraction of sp³-hybridized carbons (Fsp3) is 0.314. The molecule has 0 aromatic heterocycles. The average molecular weight is 1170 g/mol. The van der Waals surface area contributed by atoms with Crippen molar-refractivity contribution in [1.82, 2.24) is 0 Å². The highest BCUT2D eigenvalue weighted by atomic mass is 32.2. The number of aryl methyl sites for hydroxylation is 2. The molecule has 0 amide bonds. The molecular weight excluding hydrogens is 1090 g/mol. The molecule has 7 aromatic rings. The third-order valence-corrected chi connectivity index (χ3v) is 17.7. The summed E-state index contributed by atoms with van der Waals surface area (Å²) in [6, 6.07) is 45.0. The van der Waals surface area contributed by atoms with Crippen LogP contribution in [0.1, 0.15) is 86.1 Å². The van der Waals surface area contributed by atoms with Gasteiger partial charge in [-0.05, 0) is 172 Å². The number of benzene rings is 7. The molecule has 0 spiro atoms. The van der Waals surface area contributed by atoms with E-state index in [-0.39, 0.29) is 21.7 Å². The second kappa shape index (κ2) is 22.4. The first kappa shape index (κ1) is 61.0. The maximum Gasteiger partial charge on any atom is 0.210 e. The normalized spacial score (nSPS) is 20.4. The van der Waals surface area contributed by atoms with Gasteiger partial charge in [0.25, 0.3) is 0 Å². The highest BCUT2D eigenvalue weighted by Gasteiger charge is 2.48. The second-order valence-electron chi connectivity index (χ2n) is 24.4. The standard InChI is InChI=1S/C68H72N4O2.2CH4O3S/c1-43-37-49(73-13)39-53-63(43)71(11)59(27-19-25-57-65(3,4)61-51-23-17-15-21-47(51)33-35-55(61)69(57)9)67(53,7)41-45-29-31-46(32-30-45)42-68(8)54-40-50(74-14)38-44(2)64(54)72(12)60(68)28-20-26-58-66(5,6)62-52-24-18-16-22-48(52)34-36-56(62)70(58)10;2*1-5(2,3)4/h15-40H,41-42H2,1-14H3;2*1H3,(H,2,3,4)/q+2;;/p-2. The maximum absolute atomic E-state index is 9.08. The Morgan fingerprint density at radius 1 is 0.524 bits per heavy atom. The number of anilines is 2. The SMILES string of the molecule is COc1cc(C)c2c(c1)C(C)(Cc1ccc(CC3(C)C(=CC=CC4=[N+](C)c5ccc6ccccc6c5C4(C)C)N(C)c4c(C)cc(OC)cc43)cc1)C(=CC=CC1=[N+](C)c3ccc4ccccc4c3C1(C)C)N2C.CS(=O)(=O)[O-].CS(=O)(=O)[O-]. The van der Waals surface area contributed by atoms with E-state index in [1.165, 1.54) is 112 Å². The van der Waals surface area contributed by atoms with Gasteiger partial charge in [-0.3, -0.25) is 0 Å². The Labute approximate surface area is 497 Å². The Balaban J connectivity index is 0.000000782. The van der Waals surface area contributed by atoms with Gasteiger partial charge in [-0.2, -0.15) is 9.15 Å². The molecule has 0 radical (unpaired) electrons. The molecule has 0 saturated carbocycles. The van der Waals surface area contributed by atoms with Crippen LogP contribution in [0.25, 0.3) is 21.5 Å². The first-order valence-corrected chi connectivity index (χ1v) is 31.8. The van der Waals surface area contributed by atoms with Crippen molar-refractivity contribution in [2.45, 2.75) is 89.9 Å². The molecule has 0 N–H and O–H groups in total. The molecule has 438 valence electrons. The molecule has 2 unspecified atom stereocenters. The lowest BCUT2D eigenvalue weighted by atomic mass is 9.74. The summed E-state index contributed by atoms with van der Waals surface area (Å²) < 4.78 is 71.1. The van der Waals surface area contributed by atoms with E-state index in [9.17, 15) is 0 Å². The topological polar surface area (TPSA) is 145 Å². The van der Waals surface area contributed by atoms with Crippen molar-refractivity contribution in [3.63, 3.8) is 0 Å². The van der Waals surface area contributed by atoms with Gasteiger partial charge in [-0.1, -0.05) is 84.9 Å². The van der Waals surface area contributed by atoms with Gasteiger partial charge < -0.3 is 28.4 Å². The fourth-order valence-electron chi connectivity index (χ4n) is 14.1. The van der Waals surface area contributed by atoms with Crippen molar-refractivity contribution >= 4 is 76.0 Å². The van der Waals surface area contributed by atoms with Gasteiger partial charge in [0.2, 0.25) is 11.4 Å². The van der Waals surface area contributed by atoms with E-state index in [0.717, 1.165) is 24.3 Å². The molecular formula is C70H78N4O8S2. The zero-order valence-corrected chi connectivity index (χ0v) is 52.9. The van der Waals surface area contributed by atoms with E-state index in [1.54, 1.807) is 14.2 Å².